The zero-order chi connectivity index (χ0) is 50.0. The molecule has 0 spiro atoms. The average molecular weight is 949 g/mol. The van der Waals surface area contributed by atoms with Crippen molar-refractivity contribution >= 4 is 17.9 Å². The second kappa shape index (κ2) is 55.6. The van der Waals surface area contributed by atoms with E-state index in [9.17, 15) is 14.4 Å². The standard InChI is InChI=1S/C63H96O6/c1-4-7-10-13-16-19-22-25-27-29-31-33-35-38-41-44-47-50-53-56-62(65)68-59-60(58-67-61(64)55-52-49-46-43-40-37-24-21-18-15-12-9-6-3)69-63(66)57-54-51-48-45-42-39-36-34-32-30-28-26-23-20-17-14-11-8-5-2/h7,9-10,12-13,15-16,18-19,21-22,24-25,27,29-33,35,37-38,40-41,43,46,60H,4-6,8,11,14,17,20,23,26,28,34,36,39,42,44-45,47-59H2,1-3H3/b10-7+,12-9+,16-13+,18-15+,22-19+,24-21+,27-25+,31-29+,32-30+,35-33+,40-37+,41-38+,46-43+. The highest BCUT2D eigenvalue weighted by Crippen LogP contribution is 2.14. The average Bonchev–Trinajstić information content (AvgIpc) is 3.35. The molecule has 384 valence electrons. The third-order valence-electron chi connectivity index (χ3n) is 10.8. The third-order valence-corrected chi connectivity index (χ3v) is 10.8. The van der Waals surface area contributed by atoms with E-state index in [0.717, 1.165) is 57.8 Å². The third kappa shape index (κ3) is 53.8. The van der Waals surface area contributed by atoms with Gasteiger partial charge in [0.1, 0.15) is 13.2 Å². The molecular formula is C63H96O6. The quantitative estimate of drug-likeness (QED) is 0.0199. The topological polar surface area (TPSA) is 78.9 Å². The Morgan fingerprint density at radius 3 is 1.00 bits per heavy atom. The Kier molecular flexibility index (Phi) is 51.6. The summed E-state index contributed by atoms with van der Waals surface area (Å²) in [5.41, 5.74) is 0. The zero-order valence-corrected chi connectivity index (χ0v) is 43.8. The number of ether oxygens (including phenoxy) is 3. The van der Waals surface area contributed by atoms with Crippen molar-refractivity contribution in [3.8, 4) is 0 Å². The van der Waals surface area contributed by atoms with Gasteiger partial charge in [0.15, 0.2) is 6.10 Å². The van der Waals surface area contributed by atoms with Crippen LogP contribution in [-0.2, 0) is 28.6 Å². The molecule has 0 heterocycles. The molecule has 0 aliphatic rings. The van der Waals surface area contributed by atoms with E-state index in [1.165, 1.54) is 89.9 Å². The van der Waals surface area contributed by atoms with Gasteiger partial charge in [0, 0.05) is 19.3 Å². The Balaban J connectivity index is 4.59. The van der Waals surface area contributed by atoms with Gasteiger partial charge in [-0.1, -0.05) is 262 Å². The van der Waals surface area contributed by atoms with Crippen molar-refractivity contribution < 1.29 is 28.6 Å². The van der Waals surface area contributed by atoms with Crippen LogP contribution in [0, 0.1) is 0 Å². The first-order valence-corrected chi connectivity index (χ1v) is 27.2. The number of carbonyl (C=O) groups is 3. The number of unbranched alkanes of at least 4 members (excludes halogenated alkanes) is 19. The minimum absolute atomic E-state index is 0.134. The lowest BCUT2D eigenvalue weighted by Gasteiger charge is -2.18. The number of carbonyl (C=O) groups excluding carboxylic acids is 3. The molecule has 1 unspecified atom stereocenters. The Hall–Kier alpha value is -4.97. The minimum Gasteiger partial charge on any atom is -0.462 e. The molecule has 0 aliphatic heterocycles. The Morgan fingerprint density at radius 2 is 0.594 bits per heavy atom. The molecule has 0 aromatic rings. The monoisotopic (exact) mass is 949 g/mol. The fourth-order valence-electron chi connectivity index (χ4n) is 6.80. The maximum absolute atomic E-state index is 12.8. The van der Waals surface area contributed by atoms with Crippen molar-refractivity contribution in [3.63, 3.8) is 0 Å². The molecular weight excluding hydrogens is 853 g/mol. The van der Waals surface area contributed by atoms with Gasteiger partial charge in [-0.2, -0.15) is 0 Å². The van der Waals surface area contributed by atoms with Crippen LogP contribution >= 0.6 is 0 Å². The molecule has 0 amide bonds. The second-order valence-corrected chi connectivity index (χ2v) is 17.3. The van der Waals surface area contributed by atoms with Gasteiger partial charge in [-0.25, -0.2) is 0 Å². The molecule has 0 N–H and O–H groups in total. The molecule has 0 fully saturated rings. The van der Waals surface area contributed by atoms with Crippen LogP contribution in [0.3, 0.4) is 0 Å². The van der Waals surface area contributed by atoms with Crippen molar-refractivity contribution in [3.05, 3.63) is 158 Å². The summed E-state index contributed by atoms with van der Waals surface area (Å²) in [5, 5.41) is 0. The summed E-state index contributed by atoms with van der Waals surface area (Å²) in [6, 6.07) is 0. The molecule has 1 atom stereocenters. The van der Waals surface area contributed by atoms with Gasteiger partial charge in [0.2, 0.25) is 0 Å². The van der Waals surface area contributed by atoms with Gasteiger partial charge in [0.05, 0.1) is 0 Å². The summed E-state index contributed by atoms with van der Waals surface area (Å²) in [5.74, 6) is -1.06. The van der Waals surface area contributed by atoms with Crippen LogP contribution in [0.4, 0.5) is 0 Å². The molecule has 0 aromatic carbocycles. The first kappa shape index (κ1) is 64.0. The number of hydrogen-bond donors (Lipinski definition) is 0. The van der Waals surface area contributed by atoms with Crippen LogP contribution in [0.25, 0.3) is 0 Å². The van der Waals surface area contributed by atoms with E-state index in [0.29, 0.717) is 12.8 Å². The van der Waals surface area contributed by atoms with Crippen LogP contribution in [-0.4, -0.2) is 37.2 Å². The summed E-state index contributed by atoms with van der Waals surface area (Å²) in [6.07, 6.45) is 80.9. The maximum atomic E-state index is 12.8. The number of rotatable bonds is 46. The zero-order valence-electron chi connectivity index (χ0n) is 43.8. The van der Waals surface area contributed by atoms with Gasteiger partial charge >= 0.3 is 17.9 Å². The van der Waals surface area contributed by atoms with Gasteiger partial charge in [-0.05, 0) is 77.0 Å². The summed E-state index contributed by atoms with van der Waals surface area (Å²) in [6.45, 7) is 6.22. The second-order valence-electron chi connectivity index (χ2n) is 17.3. The van der Waals surface area contributed by atoms with Crippen LogP contribution in [0.2, 0.25) is 0 Å². The summed E-state index contributed by atoms with van der Waals surface area (Å²) in [7, 11) is 0. The van der Waals surface area contributed by atoms with Crippen molar-refractivity contribution in [1.29, 1.82) is 0 Å². The molecule has 0 saturated carbocycles. The predicted molar refractivity (Wildman–Crippen MR) is 297 cm³/mol. The highest BCUT2D eigenvalue weighted by Gasteiger charge is 2.19. The highest BCUT2D eigenvalue weighted by molar-refractivity contribution is 5.71. The van der Waals surface area contributed by atoms with E-state index in [-0.39, 0.29) is 50.4 Å². The summed E-state index contributed by atoms with van der Waals surface area (Å²) < 4.78 is 16.7. The largest absolute Gasteiger partial charge is 0.462 e. The first-order chi connectivity index (χ1) is 34.0. The highest BCUT2D eigenvalue weighted by atomic mass is 16.6. The van der Waals surface area contributed by atoms with Gasteiger partial charge in [-0.3, -0.25) is 14.4 Å². The Labute approximate surface area is 422 Å². The molecule has 0 radical (unpaired) electrons. The lowest BCUT2D eigenvalue weighted by molar-refractivity contribution is -0.167. The first-order valence-electron chi connectivity index (χ1n) is 27.2. The van der Waals surface area contributed by atoms with Crippen LogP contribution < -0.4 is 0 Å². The smallest absolute Gasteiger partial charge is 0.306 e. The molecule has 0 aliphatic carbocycles. The van der Waals surface area contributed by atoms with Gasteiger partial charge < -0.3 is 14.2 Å². The van der Waals surface area contributed by atoms with Crippen molar-refractivity contribution in [2.24, 2.45) is 0 Å². The molecule has 0 rings (SSSR count). The van der Waals surface area contributed by atoms with E-state index >= 15 is 0 Å². The summed E-state index contributed by atoms with van der Waals surface area (Å²) >= 11 is 0. The van der Waals surface area contributed by atoms with E-state index in [2.05, 4.69) is 51.2 Å². The normalized spacial score (nSPS) is 13.4. The molecule has 0 bridgehead atoms. The van der Waals surface area contributed by atoms with Gasteiger partial charge in [-0.15, -0.1) is 0 Å². The van der Waals surface area contributed by atoms with Crippen molar-refractivity contribution in [1.82, 2.24) is 0 Å². The number of esters is 3. The molecule has 6 heteroatoms. The van der Waals surface area contributed by atoms with Crippen LogP contribution in [0.1, 0.15) is 201 Å². The number of hydrogen-bond acceptors (Lipinski definition) is 6. The molecule has 69 heavy (non-hydrogen) atoms. The fraction of sp³-hybridized carbons (Fsp3) is 0.540. The van der Waals surface area contributed by atoms with E-state index in [1.54, 1.807) is 0 Å². The SMILES string of the molecule is CC/C=C/C=C/C=C/C=C/C=C/C=C/C=C/CCCCCC(=O)OCC(COC(=O)CCC/C=C/C=C/C=C/C=C/C=C/CC)OC(=O)CCCCCCCCC/C=C/CCCCCCCCCC. The number of allylic oxidation sites excluding steroid dienone is 26. The van der Waals surface area contributed by atoms with E-state index < -0.39 is 6.10 Å². The maximum Gasteiger partial charge on any atom is 0.306 e. The lowest BCUT2D eigenvalue weighted by Crippen LogP contribution is -2.30. The minimum atomic E-state index is -0.836. The van der Waals surface area contributed by atoms with E-state index in [1.807, 2.05) is 128 Å². The lowest BCUT2D eigenvalue weighted by atomic mass is 10.1. The predicted octanol–water partition coefficient (Wildman–Crippen LogP) is 18.2. The fourth-order valence-corrected chi connectivity index (χ4v) is 6.80. The van der Waals surface area contributed by atoms with Crippen molar-refractivity contribution in [2.45, 2.75) is 207 Å². The van der Waals surface area contributed by atoms with Crippen molar-refractivity contribution in [2.75, 3.05) is 13.2 Å². The van der Waals surface area contributed by atoms with Crippen LogP contribution in [0.5, 0.6) is 0 Å². The van der Waals surface area contributed by atoms with Crippen LogP contribution in [0.15, 0.2) is 158 Å². The van der Waals surface area contributed by atoms with E-state index in [4.69, 9.17) is 14.2 Å². The summed E-state index contributed by atoms with van der Waals surface area (Å²) in [4.78, 5) is 38.0. The Bertz CT molecular complexity index is 1610. The molecule has 0 aromatic heterocycles. The molecule has 0 saturated heterocycles. The Morgan fingerprint density at radius 1 is 0.304 bits per heavy atom. The van der Waals surface area contributed by atoms with Gasteiger partial charge in [0.25, 0.3) is 0 Å². The molecule has 6 nitrogen and oxygen atoms in total.